The van der Waals surface area contributed by atoms with Crippen LogP contribution in [0, 0.1) is 0 Å². The van der Waals surface area contributed by atoms with Crippen LogP contribution in [0.3, 0.4) is 0 Å². The van der Waals surface area contributed by atoms with Gasteiger partial charge in [0.05, 0.1) is 19.1 Å². The van der Waals surface area contributed by atoms with E-state index in [4.69, 9.17) is 4.74 Å². The van der Waals surface area contributed by atoms with Gasteiger partial charge in [-0.15, -0.1) is 0 Å². The summed E-state index contributed by atoms with van der Waals surface area (Å²) in [5.41, 5.74) is 0. The van der Waals surface area contributed by atoms with E-state index < -0.39 is 0 Å². The van der Waals surface area contributed by atoms with Crippen molar-refractivity contribution in [3.05, 3.63) is 12.2 Å². The van der Waals surface area contributed by atoms with Crippen molar-refractivity contribution in [1.82, 2.24) is 20.5 Å². The molecule has 0 aromatic carbocycles. The van der Waals surface area contributed by atoms with Gasteiger partial charge in [-0.3, -0.25) is 5.10 Å². The fraction of sp³-hybridized carbons (Fsp3) is 0.778. The quantitative estimate of drug-likeness (QED) is 0.726. The second-order valence-electron chi connectivity index (χ2n) is 3.58. The molecular formula is C9H16N4O. The first-order valence-electron chi connectivity index (χ1n) is 5.08. The van der Waals surface area contributed by atoms with Gasteiger partial charge in [0.25, 0.3) is 0 Å². The average Bonchev–Trinajstić information content (AvgIpc) is 2.84. The number of ether oxygens (including phenoxy) is 1. The Labute approximate surface area is 83.3 Å². The Kier molecular flexibility index (Phi) is 3.10. The summed E-state index contributed by atoms with van der Waals surface area (Å²) >= 11 is 0. The third-order valence-electron chi connectivity index (χ3n) is 2.52. The molecule has 2 rings (SSSR count). The number of aromatic amines is 1. The molecule has 1 fully saturated rings. The molecule has 2 N–H and O–H groups in total. The van der Waals surface area contributed by atoms with E-state index in [1.807, 2.05) is 0 Å². The standard InChI is InChI=1S/C9H16N4O/c1-2-3-10-8-5-14-4-7(8)9-11-6-12-13-9/h6-8,10H,2-5H2,1H3,(H,11,12,13). The van der Waals surface area contributed by atoms with Crippen LogP contribution in [0.25, 0.3) is 0 Å². The highest BCUT2D eigenvalue weighted by molar-refractivity contribution is 5.02. The second kappa shape index (κ2) is 4.52. The summed E-state index contributed by atoms with van der Waals surface area (Å²) in [4.78, 5) is 4.17. The first-order chi connectivity index (χ1) is 6.92. The fourth-order valence-corrected chi connectivity index (χ4v) is 1.75. The molecule has 0 aliphatic carbocycles. The largest absolute Gasteiger partial charge is 0.379 e. The molecule has 1 aliphatic heterocycles. The average molecular weight is 196 g/mol. The van der Waals surface area contributed by atoms with Crippen LogP contribution in [-0.4, -0.2) is 41.0 Å². The third-order valence-corrected chi connectivity index (χ3v) is 2.52. The van der Waals surface area contributed by atoms with Gasteiger partial charge in [-0.2, -0.15) is 5.10 Å². The molecule has 1 aliphatic rings. The molecule has 1 aromatic heterocycles. The summed E-state index contributed by atoms with van der Waals surface area (Å²) < 4.78 is 5.44. The molecule has 5 heteroatoms. The van der Waals surface area contributed by atoms with Crippen LogP contribution in [0.2, 0.25) is 0 Å². The van der Waals surface area contributed by atoms with Gasteiger partial charge in [-0.25, -0.2) is 4.98 Å². The lowest BCUT2D eigenvalue weighted by atomic mass is 10.0. The number of hydrogen-bond donors (Lipinski definition) is 2. The van der Waals surface area contributed by atoms with Gasteiger partial charge < -0.3 is 10.1 Å². The van der Waals surface area contributed by atoms with E-state index in [1.165, 1.54) is 0 Å². The first kappa shape index (κ1) is 9.61. The van der Waals surface area contributed by atoms with Gasteiger partial charge in [-0.1, -0.05) is 6.92 Å². The predicted octanol–water partition coefficient (Wildman–Crippen LogP) is 0.287. The SMILES string of the molecule is CCCNC1COCC1c1ncn[nH]1. The monoisotopic (exact) mass is 196 g/mol. The van der Waals surface area contributed by atoms with Gasteiger partial charge in [-0.05, 0) is 13.0 Å². The van der Waals surface area contributed by atoms with Crippen molar-refractivity contribution in [2.24, 2.45) is 0 Å². The Morgan fingerprint density at radius 2 is 2.57 bits per heavy atom. The van der Waals surface area contributed by atoms with E-state index in [-0.39, 0.29) is 0 Å². The lowest BCUT2D eigenvalue weighted by Crippen LogP contribution is -2.35. The van der Waals surface area contributed by atoms with Crippen molar-refractivity contribution in [3.8, 4) is 0 Å². The molecule has 78 valence electrons. The van der Waals surface area contributed by atoms with Crippen molar-refractivity contribution >= 4 is 0 Å². The highest BCUT2D eigenvalue weighted by atomic mass is 16.5. The molecule has 0 bridgehead atoms. The van der Waals surface area contributed by atoms with Crippen LogP contribution in [0.5, 0.6) is 0 Å². The zero-order valence-electron chi connectivity index (χ0n) is 8.36. The maximum absolute atomic E-state index is 5.44. The zero-order chi connectivity index (χ0) is 9.80. The lowest BCUT2D eigenvalue weighted by molar-refractivity contribution is 0.187. The highest BCUT2D eigenvalue weighted by Gasteiger charge is 2.30. The minimum Gasteiger partial charge on any atom is -0.379 e. The summed E-state index contributed by atoms with van der Waals surface area (Å²) in [5.74, 6) is 1.25. The summed E-state index contributed by atoms with van der Waals surface area (Å²) in [6.07, 6.45) is 2.68. The molecule has 14 heavy (non-hydrogen) atoms. The Balaban J connectivity index is 1.97. The number of nitrogens with zero attached hydrogens (tertiary/aromatic N) is 2. The van der Waals surface area contributed by atoms with E-state index >= 15 is 0 Å². The summed E-state index contributed by atoms with van der Waals surface area (Å²) in [7, 11) is 0. The highest BCUT2D eigenvalue weighted by Crippen LogP contribution is 2.22. The molecule has 1 aromatic rings. The predicted molar refractivity (Wildman–Crippen MR) is 52.0 cm³/mol. The van der Waals surface area contributed by atoms with Crippen molar-refractivity contribution in [1.29, 1.82) is 0 Å². The first-order valence-corrected chi connectivity index (χ1v) is 5.08. The number of nitrogens with one attached hydrogen (secondary N) is 2. The van der Waals surface area contributed by atoms with E-state index in [0.717, 1.165) is 32.0 Å². The normalized spacial score (nSPS) is 26.9. The van der Waals surface area contributed by atoms with Crippen LogP contribution in [0.15, 0.2) is 6.33 Å². The number of aromatic nitrogens is 3. The zero-order valence-corrected chi connectivity index (χ0v) is 8.36. The molecule has 0 radical (unpaired) electrons. The molecule has 2 atom stereocenters. The van der Waals surface area contributed by atoms with Crippen molar-refractivity contribution < 1.29 is 4.74 Å². The van der Waals surface area contributed by atoms with Crippen LogP contribution >= 0.6 is 0 Å². The van der Waals surface area contributed by atoms with Gasteiger partial charge in [0.2, 0.25) is 0 Å². The summed E-state index contributed by atoms with van der Waals surface area (Å²) in [6.45, 7) is 4.69. The Bertz CT molecular complexity index is 262. The van der Waals surface area contributed by atoms with Gasteiger partial charge >= 0.3 is 0 Å². The van der Waals surface area contributed by atoms with Gasteiger partial charge in [0.15, 0.2) is 0 Å². The van der Waals surface area contributed by atoms with Crippen LogP contribution in [-0.2, 0) is 4.74 Å². The molecule has 2 unspecified atom stereocenters. The maximum Gasteiger partial charge on any atom is 0.137 e. The van der Waals surface area contributed by atoms with Crippen molar-refractivity contribution in [2.75, 3.05) is 19.8 Å². The Morgan fingerprint density at radius 3 is 3.29 bits per heavy atom. The third kappa shape index (κ3) is 1.93. The Hall–Kier alpha value is -0.940. The second-order valence-corrected chi connectivity index (χ2v) is 3.58. The van der Waals surface area contributed by atoms with Gasteiger partial charge in [0, 0.05) is 6.04 Å². The van der Waals surface area contributed by atoms with E-state index in [0.29, 0.717) is 12.0 Å². The molecule has 1 saturated heterocycles. The van der Waals surface area contributed by atoms with Gasteiger partial charge in [0.1, 0.15) is 12.2 Å². The minimum absolute atomic E-state index is 0.323. The molecule has 0 saturated carbocycles. The molecular weight excluding hydrogens is 180 g/mol. The molecule has 5 nitrogen and oxygen atoms in total. The lowest BCUT2D eigenvalue weighted by Gasteiger charge is -2.16. The number of hydrogen-bond acceptors (Lipinski definition) is 4. The van der Waals surface area contributed by atoms with Crippen LogP contribution < -0.4 is 5.32 Å². The van der Waals surface area contributed by atoms with E-state index in [1.54, 1.807) is 6.33 Å². The van der Waals surface area contributed by atoms with Crippen molar-refractivity contribution in [3.63, 3.8) is 0 Å². The fourth-order valence-electron chi connectivity index (χ4n) is 1.75. The smallest absolute Gasteiger partial charge is 0.137 e. The number of rotatable bonds is 4. The van der Waals surface area contributed by atoms with Crippen LogP contribution in [0.1, 0.15) is 25.1 Å². The summed E-state index contributed by atoms with van der Waals surface area (Å²) in [5, 5.41) is 10.2. The molecule has 0 spiro atoms. The van der Waals surface area contributed by atoms with Crippen molar-refractivity contribution in [2.45, 2.75) is 25.3 Å². The number of H-pyrrole nitrogens is 1. The van der Waals surface area contributed by atoms with E-state index in [2.05, 4.69) is 27.4 Å². The molecule has 0 amide bonds. The minimum atomic E-state index is 0.323. The Morgan fingerprint density at radius 1 is 1.64 bits per heavy atom. The summed E-state index contributed by atoms with van der Waals surface area (Å²) in [6, 6.07) is 0.378. The maximum atomic E-state index is 5.44. The topological polar surface area (TPSA) is 62.8 Å². The van der Waals surface area contributed by atoms with E-state index in [9.17, 15) is 0 Å². The van der Waals surface area contributed by atoms with Crippen LogP contribution in [0.4, 0.5) is 0 Å². The molecule has 2 heterocycles.